The van der Waals surface area contributed by atoms with E-state index < -0.39 is 0 Å². The van der Waals surface area contributed by atoms with Gasteiger partial charge in [-0.2, -0.15) is 0 Å². The minimum atomic E-state index is 1.11. The Balaban J connectivity index is 1.07. The van der Waals surface area contributed by atoms with Crippen molar-refractivity contribution in [2.45, 2.75) is 0 Å². The van der Waals surface area contributed by atoms with Crippen LogP contribution in [0.1, 0.15) is 0 Å². The molecule has 1 aromatic heterocycles. The Morgan fingerprint density at radius 2 is 0.907 bits per heavy atom. The van der Waals surface area contributed by atoms with E-state index in [1.807, 2.05) is 11.3 Å². The first-order chi connectivity index (χ1) is 26.8. The number of hydrogen-bond acceptors (Lipinski definition) is 2. The van der Waals surface area contributed by atoms with Crippen molar-refractivity contribution in [2.75, 3.05) is 4.90 Å². The van der Waals surface area contributed by atoms with Gasteiger partial charge in [0, 0.05) is 37.1 Å². The van der Waals surface area contributed by atoms with Gasteiger partial charge in [0.2, 0.25) is 0 Å². The summed E-state index contributed by atoms with van der Waals surface area (Å²) in [6.45, 7) is 0. The number of para-hydroxylation sites is 1. The van der Waals surface area contributed by atoms with Crippen LogP contribution in [-0.4, -0.2) is 0 Å². The van der Waals surface area contributed by atoms with Crippen molar-refractivity contribution in [3.05, 3.63) is 200 Å². The van der Waals surface area contributed by atoms with Gasteiger partial charge in [-0.25, -0.2) is 0 Å². The summed E-state index contributed by atoms with van der Waals surface area (Å²) in [5.74, 6) is 0. The van der Waals surface area contributed by atoms with E-state index >= 15 is 0 Å². The average Bonchev–Trinajstić information content (AvgIpc) is 3.63. The molecule has 252 valence electrons. The Bertz CT molecular complexity index is 3210. The maximum Gasteiger partial charge on any atom is 0.0540 e. The van der Waals surface area contributed by atoms with Gasteiger partial charge in [-0.05, 0) is 108 Å². The molecule has 0 atom stereocenters. The molecule has 11 rings (SSSR count). The fourth-order valence-electron chi connectivity index (χ4n) is 8.45. The van der Waals surface area contributed by atoms with E-state index in [-0.39, 0.29) is 0 Å². The highest BCUT2D eigenvalue weighted by Gasteiger charge is 2.19. The van der Waals surface area contributed by atoms with Crippen LogP contribution in [0.5, 0.6) is 0 Å². The number of hydrogen-bond donors (Lipinski definition) is 0. The summed E-state index contributed by atoms with van der Waals surface area (Å²) in [5, 5.41) is 12.9. The molecule has 0 unspecified atom stereocenters. The third-order valence-corrected chi connectivity index (χ3v) is 12.2. The van der Waals surface area contributed by atoms with Gasteiger partial charge in [-0.15, -0.1) is 11.3 Å². The van der Waals surface area contributed by atoms with Crippen molar-refractivity contribution in [1.82, 2.24) is 0 Å². The van der Waals surface area contributed by atoms with Crippen molar-refractivity contribution in [1.29, 1.82) is 0 Å². The molecule has 0 saturated carbocycles. The fraction of sp³-hybridized carbons (Fsp3) is 0. The number of thiophene rings is 1. The molecule has 54 heavy (non-hydrogen) atoms. The van der Waals surface area contributed by atoms with Crippen LogP contribution in [0, 0.1) is 0 Å². The number of rotatable bonds is 5. The van der Waals surface area contributed by atoms with Gasteiger partial charge in [-0.1, -0.05) is 152 Å². The predicted molar refractivity (Wildman–Crippen MR) is 235 cm³/mol. The van der Waals surface area contributed by atoms with Crippen molar-refractivity contribution < 1.29 is 0 Å². The summed E-state index contributed by atoms with van der Waals surface area (Å²) in [6.07, 6.45) is 0. The van der Waals surface area contributed by atoms with E-state index in [0.29, 0.717) is 0 Å². The van der Waals surface area contributed by atoms with E-state index in [9.17, 15) is 0 Å². The zero-order valence-corrected chi connectivity index (χ0v) is 30.2. The SMILES string of the molecule is c1ccc(-c2ccccc2N(c2ccc(-c3ccc4c(ccc5ccc6ccccc6c54)c3)cc2)c2ccc3sc4ccc5ccccc5c4c3c2)cc1. The molecule has 0 N–H and O–H groups in total. The second-order valence-electron chi connectivity index (χ2n) is 14.1. The Labute approximate surface area is 317 Å². The number of fused-ring (bicyclic) bond motifs is 10. The Hall–Kier alpha value is -6.74. The highest BCUT2D eigenvalue weighted by Crippen LogP contribution is 2.45. The minimum Gasteiger partial charge on any atom is -0.310 e. The first kappa shape index (κ1) is 30.8. The molecule has 0 saturated heterocycles. The lowest BCUT2D eigenvalue weighted by Gasteiger charge is -2.28. The summed E-state index contributed by atoms with van der Waals surface area (Å²) in [5.41, 5.74) is 8.19. The molecule has 0 spiro atoms. The molecule has 10 aromatic carbocycles. The second kappa shape index (κ2) is 12.4. The molecule has 0 bridgehead atoms. The molecule has 0 radical (unpaired) electrons. The standard InChI is InChI=1S/C52H33NS/c1-2-10-35(11-3-1)43-14-8-9-17-48(43)53(42-28-31-49-47(33-42)52-45-16-7-5-13-37(45)25-30-50(52)54-49)41-26-22-34(23-27-41)39-24-29-46-40(32-39)21-20-38-19-18-36-12-4-6-15-44(36)51(38)46/h1-33H. The third kappa shape index (κ3) is 4.99. The van der Waals surface area contributed by atoms with Gasteiger partial charge in [0.25, 0.3) is 0 Å². The summed E-state index contributed by atoms with van der Waals surface area (Å²) in [4.78, 5) is 2.43. The lowest BCUT2D eigenvalue weighted by Crippen LogP contribution is -2.11. The van der Waals surface area contributed by atoms with Crippen LogP contribution in [0.2, 0.25) is 0 Å². The van der Waals surface area contributed by atoms with Gasteiger partial charge in [0.05, 0.1) is 5.69 Å². The first-order valence-electron chi connectivity index (χ1n) is 18.5. The van der Waals surface area contributed by atoms with E-state index in [1.165, 1.54) is 85.5 Å². The molecule has 1 nitrogen and oxygen atoms in total. The van der Waals surface area contributed by atoms with Gasteiger partial charge in [0.1, 0.15) is 0 Å². The average molecular weight is 704 g/mol. The van der Waals surface area contributed by atoms with Gasteiger partial charge >= 0.3 is 0 Å². The van der Waals surface area contributed by atoms with Crippen LogP contribution in [-0.2, 0) is 0 Å². The van der Waals surface area contributed by atoms with Crippen LogP contribution in [0.3, 0.4) is 0 Å². The number of benzene rings is 10. The second-order valence-corrected chi connectivity index (χ2v) is 15.2. The number of nitrogens with zero attached hydrogens (tertiary/aromatic N) is 1. The van der Waals surface area contributed by atoms with Crippen molar-refractivity contribution >= 4 is 91.7 Å². The van der Waals surface area contributed by atoms with E-state index in [1.54, 1.807) is 0 Å². The molecule has 2 heteroatoms. The zero-order valence-electron chi connectivity index (χ0n) is 29.4. The zero-order chi connectivity index (χ0) is 35.6. The van der Waals surface area contributed by atoms with Crippen LogP contribution in [0.4, 0.5) is 17.1 Å². The molecule has 0 amide bonds. The smallest absolute Gasteiger partial charge is 0.0540 e. The number of anilines is 3. The summed E-state index contributed by atoms with van der Waals surface area (Å²) in [7, 11) is 0. The largest absolute Gasteiger partial charge is 0.310 e. The van der Waals surface area contributed by atoms with Crippen LogP contribution in [0.15, 0.2) is 200 Å². The normalized spacial score (nSPS) is 11.7. The fourth-order valence-corrected chi connectivity index (χ4v) is 9.55. The van der Waals surface area contributed by atoms with Gasteiger partial charge in [0.15, 0.2) is 0 Å². The highest BCUT2D eigenvalue weighted by atomic mass is 32.1. The van der Waals surface area contributed by atoms with Crippen LogP contribution >= 0.6 is 11.3 Å². The van der Waals surface area contributed by atoms with Crippen molar-refractivity contribution in [3.8, 4) is 22.3 Å². The summed E-state index contributed by atoms with van der Waals surface area (Å²) >= 11 is 1.87. The summed E-state index contributed by atoms with van der Waals surface area (Å²) < 4.78 is 2.62. The molecular weight excluding hydrogens is 671 g/mol. The van der Waals surface area contributed by atoms with E-state index in [2.05, 4.69) is 205 Å². The topological polar surface area (TPSA) is 3.24 Å². The molecule has 0 aliphatic heterocycles. The van der Waals surface area contributed by atoms with Crippen molar-refractivity contribution in [3.63, 3.8) is 0 Å². The quantitative estimate of drug-likeness (QED) is 0.161. The Kier molecular flexibility index (Phi) is 7.11. The first-order valence-corrected chi connectivity index (χ1v) is 19.3. The maximum absolute atomic E-state index is 2.43. The van der Waals surface area contributed by atoms with E-state index in [0.717, 1.165) is 17.1 Å². The van der Waals surface area contributed by atoms with Crippen LogP contribution in [0.25, 0.3) is 85.5 Å². The van der Waals surface area contributed by atoms with E-state index in [4.69, 9.17) is 0 Å². The monoisotopic (exact) mass is 703 g/mol. The highest BCUT2D eigenvalue weighted by molar-refractivity contribution is 7.26. The minimum absolute atomic E-state index is 1.11. The van der Waals surface area contributed by atoms with Crippen molar-refractivity contribution in [2.24, 2.45) is 0 Å². The predicted octanol–water partition coefficient (Wildman–Crippen LogP) is 15.5. The third-order valence-electron chi connectivity index (χ3n) is 11.0. The Morgan fingerprint density at radius 1 is 0.315 bits per heavy atom. The lowest BCUT2D eigenvalue weighted by atomic mass is 9.94. The molecule has 0 fully saturated rings. The molecule has 1 heterocycles. The van der Waals surface area contributed by atoms with Gasteiger partial charge in [-0.3, -0.25) is 0 Å². The molecule has 0 aliphatic carbocycles. The molecule has 11 aromatic rings. The maximum atomic E-state index is 2.43. The summed E-state index contributed by atoms with van der Waals surface area (Å²) in [6, 6.07) is 73.5. The van der Waals surface area contributed by atoms with Gasteiger partial charge < -0.3 is 4.90 Å². The molecule has 0 aliphatic rings. The Morgan fingerprint density at radius 3 is 1.72 bits per heavy atom. The lowest BCUT2D eigenvalue weighted by molar-refractivity contribution is 1.29. The van der Waals surface area contributed by atoms with Crippen LogP contribution < -0.4 is 4.90 Å². The molecular formula is C52H33NS.